The SMILES string of the molecule is N#Cc1cc(NC[C@]2(O)CCSC2)nc2ccc(Cl)cc12. The first kappa shape index (κ1) is 14.5. The zero-order valence-electron chi connectivity index (χ0n) is 11.3. The van der Waals surface area contributed by atoms with E-state index in [4.69, 9.17) is 11.6 Å². The van der Waals surface area contributed by atoms with Crippen LogP contribution in [0.15, 0.2) is 24.3 Å². The van der Waals surface area contributed by atoms with Gasteiger partial charge >= 0.3 is 0 Å². The van der Waals surface area contributed by atoms with Crippen LogP contribution in [0.5, 0.6) is 0 Å². The predicted molar refractivity (Wildman–Crippen MR) is 86.8 cm³/mol. The maximum Gasteiger partial charge on any atom is 0.128 e. The van der Waals surface area contributed by atoms with Gasteiger partial charge in [-0.3, -0.25) is 0 Å². The molecule has 4 nitrogen and oxygen atoms in total. The number of fused-ring (bicyclic) bond motifs is 1. The standard InChI is InChI=1S/C15H14ClN3OS/c16-11-1-2-13-12(6-11)10(7-17)5-14(19-13)18-8-15(20)3-4-21-9-15/h1-2,5-6,20H,3-4,8-9H2,(H,18,19)/t15-/m1/s1. The number of thioether (sulfide) groups is 1. The molecule has 21 heavy (non-hydrogen) atoms. The Morgan fingerprint density at radius 1 is 1.48 bits per heavy atom. The summed E-state index contributed by atoms with van der Waals surface area (Å²) in [5, 5.41) is 24.1. The molecule has 3 rings (SSSR count). The van der Waals surface area contributed by atoms with Crippen LogP contribution in [0.25, 0.3) is 10.9 Å². The number of pyridine rings is 1. The Morgan fingerprint density at radius 2 is 2.33 bits per heavy atom. The molecule has 1 aromatic heterocycles. The first-order valence-corrected chi connectivity index (χ1v) is 8.17. The zero-order chi connectivity index (χ0) is 14.9. The van der Waals surface area contributed by atoms with E-state index >= 15 is 0 Å². The number of nitrogens with zero attached hydrogens (tertiary/aromatic N) is 2. The number of nitrogens with one attached hydrogen (secondary N) is 1. The van der Waals surface area contributed by atoms with Crippen LogP contribution in [-0.4, -0.2) is 33.7 Å². The molecule has 1 fully saturated rings. The van der Waals surface area contributed by atoms with Gasteiger partial charge in [0.15, 0.2) is 0 Å². The molecule has 1 saturated heterocycles. The normalized spacial score (nSPS) is 21.4. The number of aliphatic hydroxyl groups is 1. The molecule has 0 amide bonds. The van der Waals surface area contributed by atoms with E-state index in [9.17, 15) is 10.4 Å². The summed E-state index contributed by atoms with van der Waals surface area (Å²) in [6.45, 7) is 0.441. The van der Waals surface area contributed by atoms with Crippen molar-refractivity contribution in [3.05, 3.63) is 34.9 Å². The summed E-state index contributed by atoms with van der Waals surface area (Å²) in [5.74, 6) is 2.31. The summed E-state index contributed by atoms with van der Waals surface area (Å²) in [6.07, 6.45) is 0.777. The van der Waals surface area contributed by atoms with Crippen molar-refractivity contribution in [2.45, 2.75) is 12.0 Å². The predicted octanol–water partition coefficient (Wildman–Crippen LogP) is 3.04. The van der Waals surface area contributed by atoms with Crippen LogP contribution < -0.4 is 5.32 Å². The lowest BCUT2D eigenvalue weighted by Crippen LogP contribution is -2.36. The number of anilines is 1. The van der Waals surface area contributed by atoms with Crippen molar-refractivity contribution in [3.8, 4) is 6.07 Å². The first-order valence-electron chi connectivity index (χ1n) is 6.64. The molecule has 0 spiro atoms. The maximum absolute atomic E-state index is 10.3. The van der Waals surface area contributed by atoms with Crippen LogP contribution >= 0.6 is 23.4 Å². The lowest BCUT2D eigenvalue weighted by Gasteiger charge is -2.22. The molecule has 0 radical (unpaired) electrons. The number of rotatable bonds is 3. The largest absolute Gasteiger partial charge is 0.387 e. The minimum absolute atomic E-state index is 0.441. The summed E-state index contributed by atoms with van der Waals surface area (Å²) in [5.41, 5.74) is 0.556. The van der Waals surface area contributed by atoms with Crippen molar-refractivity contribution >= 4 is 40.1 Å². The third-order valence-corrected chi connectivity index (χ3v) is 5.04. The molecule has 1 aliphatic heterocycles. The lowest BCUT2D eigenvalue weighted by atomic mass is 10.0. The third-order valence-electron chi connectivity index (χ3n) is 3.57. The van der Waals surface area contributed by atoms with Crippen molar-refractivity contribution in [2.24, 2.45) is 0 Å². The van der Waals surface area contributed by atoms with Gasteiger partial charge in [0.1, 0.15) is 5.82 Å². The summed E-state index contributed by atoms with van der Waals surface area (Å²) in [7, 11) is 0. The summed E-state index contributed by atoms with van der Waals surface area (Å²) in [4.78, 5) is 4.48. The van der Waals surface area contributed by atoms with Crippen LogP contribution in [0.2, 0.25) is 5.02 Å². The van der Waals surface area contributed by atoms with Gasteiger partial charge in [-0.2, -0.15) is 17.0 Å². The Morgan fingerprint density at radius 3 is 3.05 bits per heavy atom. The second-order valence-electron chi connectivity index (χ2n) is 5.21. The number of hydrogen-bond acceptors (Lipinski definition) is 5. The highest BCUT2D eigenvalue weighted by molar-refractivity contribution is 7.99. The van der Waals surface area contributed by atoms with E-state index in [-0.39, 0.29) is 0 Å². The van der Waals surface area contributed by atoms with Gasteiger partial charge in [0.25, 0.3) is 0 Å². The van der Waals surface area contributed by atoms with Crippen molar-refractivity contribution in [1.82, 2.24) is 4.98 Å². The van der Waals surface area contributed by atoms with Crippen LogP contribution in [0.1, 0.15) is 12.0 Å². The molecular formula is C15H14ClN3OS. The van der Waals surface area contributed by atoms with E-state index in [1.165, 1.54) is 0 Å². The highest BCUT2D eigenvalue weighted by Gasteiger charge is 2.31. The van der Waals surface area contributed by atoms with Crippen molar-refractivity contribution in [3.63, 3.8) is 0 Å². The highest BCUT2D eigenvalue weighted by atomic mass is 35.5. The molecule has 6 heteroatoms. The topological polar surface area (TPSA) is 68.9 Å². The van der Waals surface area contributed by atoms with Gasteiger partial charge in [0.2, 0.25) is 0 Å². The van der Waals surface area contributed by atoms with Crippen molar-refractivity contribution in [1.29, 1.82) is 5.26 Å². The molecule has 2 aromatic rings. The monoisotopic (exact) mass is 319 g/mol. The molecular weight excluding hydrogens is 306 g/mol. The molecule has 0 aliphatic carbocycles. The molecule has 0 unspecified atom stereocenters. The average Bonchev–Trinajstić information content (AvgIpc) is 2.92. The number of hydrogen-bond donors (Lipinski definition) is 2. The summed E-state index contributed by atoms with van der Waals surface area (Å²) >= 11 is 7.72. The van der Waals surface area contributed by atoms with E-state index in [1.807, 2.05) is 0 Å². The molecule has 1 aromatic carbocycles. The number of nitriles is 1. The number of aromatic nitrogens is 1. The highest BCUT2D eigenvalue weighted by Crippen LogP contribution is 2.29. The second-order valence-corrected chi connectivity index (χ2v) is 6.75. The second kappa shape index (κ2) is 5.72. The number of benzene rings is 1. The fraction of sp³-hybridized carbons (Fsp3) is 0.333. The fourth-order valence-corrected chi connectivity index (χ4v) is 3.84. The van der Waals surface area contributed by atoms with E-state index in [0.717, 1.165) is 23.3 Å². The van der Waals surface area contributed by atoms with Gasteiger partial charge in [-0.1, -0.05) is 11.6 Å². The van der Waals surface area contributed by atoms with Gasteiger partial charge in [-0.05, 0) is 36.4 Å². The van der Waals surface area contributed by atoms with Gasteiger partial charge in [0.05, 0.1) is 22.8 Å². The van der Waals surface area contributed by atoms with Gasteiger partial charge in [-0.15, -0.1) is 0 Å². The molecule has 1 atom stereocenters. The van der Waals surface area contributed by atoms with E-state index in [0.29, 0.717) is 28.5 Å². The molecule has 2 heterocycles. The van der Waals surface area contributed by atoms with Crippen molar-refractivity contribution < 1.29 is 5.11 Å². The summed E-state index contributed by atoms with van der Waals surface area (Å²) < 4.78 is 0. The third kappa shape index (κ3) is 3.08. The molecule has 0 bridgehead atoms. The molecule has 1 aliphatic rings. The Balaban J connectivity index is 1.89. The zero-order valence-corrected chi connectivity index (χ0v) is 12.8. The van der Waals surface area contributed by atoms with Crippen LogP contribution in [0, 0.1) is 11.3 Å². The molecule has 108 valence electrons. The molecule has 2 N–H and O–H groups in total. The van der Waals surface area contributed by atoms with E-state index < -0.39 is 5.60 Å². The average molecular weight is 320 g/mol. The molecule has 0 saturated carbocycles. The minimum Gasteiger partial charge on any atom is -0.387 e. The Hall–Kier alpha value is -1.48. The van der Waals surface area contributed by atoms with Gasteiger partial charge in [-0.25, -0.2) is 4.98 Å². The Bertz CT molecular complexity index is 723. The number of halogens is 1. The van der Waals surface area contributed by atoms with Crippen molar-refractivity contribution in [2.75, 3.05) is 23.4 Å². The van der Waals surface area contributed by atoms with Gasteiger partial charge in [0, 0.05) is 22.7 Å². The maximum atomic E-state index is 10.3. The van der Waals surface area contributed by atoms with E-state index in [1.54, 1.807) is 36.0 Å². The fourth-order valence-electron chi connectivity index (χ4n) is 2.37. The smallest absolute Gasteiger partial charge is 0.128 e. The van der Waals surface area contributed by atoms with Crippen LogP contribution in [0.3, 0.4) is 0 Å². The Kier molecular flexibility index (Phi) is 3.94. The minimum atomic E-state index is -0.686. The van der Waals surface area contributed by atoms with Crippen LogP contribution in [0.4, 0.5) is 5.82 Å². The first-order chi connectivity index (χ1) is 10.1. The quantitative estimate of drug-likeness (QED) is 0.910. The van der Waals surface area contributed by atoms with E-state index in [2.05, 4.69) is 16.4 Å². The van der Waals surface area contributed by atoms with Crippen LogP contribution in [-0.2, 0) is 0 Å². The summed E-state index contributed by atoms with van der Waals surface area (Å²) in [6, 6.07) is 9.16. The Labute approximate surface area is 132 Å². The lowest BCUT2D eigenvalue weighted by molar-refractivity contribution is 0.0819. The van der Waals surface area contributed by atoms with Gasteiger partial charge < -0.3 is 10.4 Å².